The van der Waals surface area contributed by atoms with Crippen molar-refractivity contribution in [2.75, 3.05) is 19.8 Å². The van der Waals surface area contributed by atoms with Crippen LogP contribution in [0.4, 0.5) is 0 Å². The molecule has 4 rings (SSSR count). The van der Waals surface area contributed by atoms with Crippen LogP contribution in [0.3, 0.4) is 0 Å². The monoisotopic (exact) mass is 402 g/mol. The van der Waals surface area contributed by atoms with Crippen LogP contribution in [-0.4, -0.2) is 28.1 Å². The lowest BCUT2D eigenvalue weighted by Crippen LogP contribution is -2.49. The fourth-order valence-corrected chi connectivity index (χ4v) is 6.13. The first-order chi connectivity index (χ1) is 14.0. The van der Waals surface area contributed by atoms with Gasteiger partial charge in [-0.25, -0.2) is 0 Å². The highest BCUT2D eigenvalue weighted by molar-refractivity contribution is 6.84. The van der Waals surface area contributed by atoms with Gasteiger partial charge in [-0.2, -0.15) is 0 Å². The second kappa shape index (κ2) is 7.90. The number of hydrogen-bond acceptors (Lipinski definition) is 2. The standard InChI is InChI=1S/C26H30O2Si/c1-5-27-18-26(19-28-29(3,4)21-16-14-20(2)15-17-21)24-12-8-6-10-22(24)23-11-7-9-13-25(23)26/h6-17H,5,18-19H2,1-4H3. The second-order valence-electron chi connectivity index (χ2n) is 8.48. The molecule has 1 aliphatic rings. The van der Waals surface area contributed by atoms with Gasteiger partial charge in [0.1, 0.15) is 0 Å². The van der Waals surface area contributed by atoms with Gasteiger partial charge in [-0.15, -0.1) is 0 Å². The topological polar surface area (TPSA) is 18.5 Å². The van der Waals surface area contributed by atoms with Crippen molar-refractivity contribution in [1.82, 2.24) is 0 Å². The molecular weight excluding hydrogens is 372 g/mol. The maximum atomic E-state index is 6.81. The lowest BCUT2D eigenvalue weighted by Gasteiger charge is -2.35. The van der Waals surface area contributed by atoms with Crippen molar-refractivity contribution < 1.29 is 9.16 Å². The Kier molecular flexibility index (Phi) is 5.47. The molecule has 0 aliphatic heterocycles. The number of ether oxygens (including phenoxy) is 1. The number of benzene rings is 3. The van der Waals surface area contributed by atoms with E-state index in [1.54, 1.807) is 0 Å². The molecule has 0 saturated heterocycles. The molecule has 0 fully saturated rings. The zero-order valence-corrected chi connectivity index (χ0v) is 18.9. The number of fused-ring (bicyclic) bond motifs is 3. The summed E-state index contributed by atoms with van der Waals surface area (Å²) in [5, 5.41) is 1.33. The summed E-state index contributed by atoms with van der Waals surface area (Å²) < 4.78 is 12.9. The van der Waals surface area contributed by atoms with Crippen LogP contribution in [0.25, 0.3) is 11.1 Å². The molecule has 0 unspecified atom stereocenters. The maximum absolute atomic E-state index is 6.81. The van der Waals surface area contributed by atoms with Crippen molar-refractivity contribution in [3.8, 4) is 11.1 Å². The van der Waals surface area contributed by atoms with Gasteiger partial charge in [0.25, 0.3) is 0 Å². The van der Waals surface area contributed by atoms with Gasteiger partial charge in [0.05, 0.1) is 18.6 Å². The van der Waals surface area contributed by atoms with Gasteiger partial charge in [-0.1, -0.05) is 78.4 Å². The Balaban J connectivity index is 1.74. The van der Waals surface area contributed by atoms with Crippen LogP contribution in [0.2, 0.25) is 13.1 Å². The van der Waals surface area contributed by atoms with Crippen molar-refractivity contribution in [3.05, 3.63) is 89.5 Å². The van der Waals surface area contributed by atoms with E-state index in [2.05, 4.69) is 99.7 Å². The van der Waals surface area contributed by atoms with Crippen LogP contribution in [-0.2, 0) is 14.6 Å². The van der Waals surface area contributed by atoms with E-state index in [1.165, 1.54) is 33.0 Å². The van der Waals surface area contributed by atoms with Gasteiger partial charge >= 0.3 is 0 Å². The third-order valence-electron chi connectivity index (χ3n) is 6.15. The first-order valence-corrected chi connectivity index (χ1v) is 13.4. The van der Waals surface area contributed by atoms with E-state index in [-0.39, 0.29) is 5.41 Å². The molecule has 0 aromatic heterocycles. The molecule has 3 heteroatoms. The Morgan fingerprint density at radius 3 is 1.86 bits per heavy atom. The highest BCUT2D eigenvalue weighted by Crippen LogP contribution is 2.49. The van der Waals surface area contributed by atoms with Gasteiger partial charge in [-0.05, 0) is 54.4 Å². The van der Waals surface area contributed by atoms with E-state index in [1.807, 2.05) is 0 Å². The molecule has 150 valence electrons. The Bertz CT molecular complexity index is 946. The summed E-state index contributed by atoms with van der Waals surface area (Å²) in [5.41, 5.74) is 6.28. The molecule has 0 spiro atoms. The fraction of sp³-hybridized carbons (Fsp3) is 0.308. The maximum Gasteiger partial charge on any atom is 0.218 e. The number of hydrogen-bond donors (Lipinski definition) is 0. The lowest BCUT2D eigenvalue weighted by molar-refractivity contribution is 0.0826. The average molecular weight is 403 g/mol. The lowest BCUT2D eigenvalue weighted by atomic mass is 9.79. The molecule has 0 atom stereocenters. The molecule has 3 aromatic carbocycles. The van der Waals surface area contributed by atoms with Crippen LogP contribution in [0.1, 0.15) is 23.6 Å². The predicted molar refractivity (Wildman–Crippen MR) is 123 cm³/mol. The minimum Gasteiger partial charge on any atom is -0.412 e. The third kappa shape index (κ3) is 3.59. The van der Waals surface area contributed by atoms with Gasteiger partial charge in [0.2, 0.25) is 8.32 Å². The van der Waals surface area contributed by atoms with Crippen LogP contribution in [0.15, 0.2) is 72.8 Å². The van der Waals surface area contributed by atoms with Gasteiger partial charge in [0.15, 0.2) is 0 Å². The minimum absolute atomic E-state index is 0.266. The second-order valence-corrected chi connectivity index (χ2v) is 12.4. The van der Waals surface area contributed by atoms with E-state index in [9.17, 15) is 0 Å². The quantitative estimate of drug-likeness (QED) is 0.491. The molecule has 0 radical (unpaired) electrons. The molecule has 0 heterocycles. The molecule has 3 aromatic rings. The normalized spacial score (nSPS) is 14.5. The van der Waals surface area contributed by atoms with Crippen molar-refractivity contribution in [2.24, 2.45) is 0 Å². The highest BCUT2D eigenvalue weighted by Gasteiger charge is 2.45. The van der Waals surface area contributed by atoms with Crippen LogP contribution in [0, 0.1) is 6.92 Å². The summed E-state index contributed by atoms with van der Waals surface area (Å²) in [7, 11) is -2.05. The number of aryl methyl sites for hydroxylation is 1. The predicted octanol–water partition coefficient (Wildman–Crippen LogP) is 5.43. The molecule has 0 saturated carbocycles. The van der Waals surface area contributed by atoms with E-state index in [0.29, 0.717) is 19.8 Å². The van der Waals surface area contributed by atoms with Crippen LogP contribution in [0.5, 0.6) is 0 Å². The Morgan fingerprint density at radius 1 is 0.759 bits per heavy atom. The van der Waals surface area contributed by atoms with E-state index in [0.717, 1.165) is 0 Å². The fourth-order valence-electron chi connectivity index (χ4n) is 4.39. The third-order valence-corrected chi connectivity index (χ3v) is 8.74. The van der Waals surface area contributed by atoms with E-state index >= 15 is 0 Å². The Hall–Kier alpha value is -2.20. The minimum atomic E-state index is -2.05. The summed E-state index contributed by atoms with van der Waals surface area (Å²) >= 11 is 0. The van der Waals surface area contributed by atoms with Crippen molar-refractivity contribution >= 4 is 13.5 Å². The summed E-state index contributed by atoms with van der Waals surface area (Å²) in [6, 6.07) is 26.3. The molecule has 1 aliphatic carbocycles. The first-order valence-electron chi connectivity index (χ1n) is 10.5. The van der Waals surface area contributed by atoms with Gasteiger partial charge < -0.3 is 9.16 Å². The highest BCUT2D eigenvalue weighted by atomic mass is 28.4. The zero-order valence-electron chi connectivity index (χ0n) is 17.9. The van der Waals surface area contributed by atoms with Crippen molar-refractivity contribution in [1.29, 1.82) is 0 Å². The van der Waals surface area contributed by atoms with Crippen LogP contribution >= 0.6 is 0 Å². The first kappa shape index (κ1) is 20.1. The molecular formula is C26H30O2Si. The zero-order chi connectivity index (χ0) is 20.5. The summed E-state index contributed by atoms with van der Waals surface area (Å²) in [5.74, 6) is 0. The molecule has 2 nitrogen and oxygen atoms in total. The number of rotatable bonds is 7. The van der Waals surface area contributed by atoms with E-state index in [4.69, 9.17) is 9.16 Å². The SMILES string of the molecule is CCOCC1(CO[Si](C)(C)c2ccc(C)cc2)c2ccccc2-c2ccccc21. The van der Waals surface area contributed by atoms with Crippen molar-refractivity contribution in [3.63, 3.8) is 0 Å². The van der Waals surface area contributed by atoms with Crippen molar-refractivity contribution in [2.45, 2.75) is 32.4 Å². The smallest absolute Gasteiger partial charge is 0.218 e. The molecule has 0 amide bonds. The summed E-state index contributed by atoms with van der Waals surface area (Å²) in [4.78, 5) is 0. The molecule has 29 heavy (non-hydrogen) atoms. The summed E-state index contributed by atoms with van der Waals surface area (Å²) in [6.45, 7) is 10.7. The summed E-state index contributed by atoms with van der Waals surface area (Å²) in [6.07, 6.45) is 0. The Labute approximate surface area is 175 Å². The largest absolute Gasteiger partial charge is 0.412 e. The van der Waals surface area contributed by atoms with Crippen LogP contribution < -0.4 is 5.19 Å². The average Bonchev–Trinajstić information content (AvgIpc) is 3.02. The van der Waals surface area contributed by atoms with E-state index < -0.39 is 8.32 Å². The Morgan fingerprint density at radius 2 is 1.31 bits per heavy atom. The molecule has 0 N–H and O–H groups in total. The van der Waals surface area contributed by atoms with Gasteiger partial charge in [0, 0.05) is 6.61 Å². The molecule has 0 bridgehead atoms. The van der Waals surface area contributed by atoms with Gasteiger partial charge in [-0.3, -0.25) is 0 Å².